The van der Waals surface area contributed by atoms with Crippen LogP contribution < -0.4 is 5.32 Å². The van der Waals surface area contributed by atoms with Gasteiger partial charge in [-0.3, -0.25) is 4.68 Å². The molecule has 1 N–H and O–H groups in total. The number of nitrogens with one attached hydrogen (secondary N) is 1. The zero-order valence-electron chi connectivity index (χ0n) is 11.4. The molecule has 2 rings (SSSR count). The Morgan fingerprint density at radius 2 is 2.30 bits per heavy atom. The second-order valence-corrected chi connectivity index (χ2v) is 5.70. The Morgan fingerprint density at radius 3 is 3.05 bits per heavy atom. The van der Waals surface area contributed by atoms with Crippen LogP contribution in [0.25, 0.3) is 0 Å². The average Bonchev–Trinajstić information content (AvgIpc) is 2.93. The molecule has 0 amide bonds. The summed E-state index contributed by atoms with van der Waals surface area (Å²) < 4.78 is 16.3. The van der Waals surface area contributed by atoms with Crippen LogP contribution in [0.4, 0.5) is 4.39 Å². The summed E-state index contributed by atoms with van der Waals surface area (Å²) in [5, 5.41) is 7.46. The molecule has 0 unspecified atom stereocenters. The van der Waals surface area contributed by atoms with Gasteiger partial charge in [-0.2, -0.15) is 5.10 Å². The molecule has 1 aromatic heterocycles. The van der Waals surface area contributed by atoms with E-state index in [9.17, 15) is 4.39 Å². The average molecular weight is 341 g/mol. The molecule has 0 saturated heterocycles. The molecule has 0 spiro atoms. The van der Waals surface area contributed by atoms with Gasteiger partial charge in [-0.15, -0.1) is 0 Å². The minimum absolute atomic E-state index is 0.148. The van der Waals surface area contributed by atoms with E-state index in [1.54, 1.807) is 12.4 Å². The molecule has 108 valence electrons. The van der Waals surface area contributed by atoms with Gasteiger partial charge >= 0.3 is 0 Å². The number of halogens is 2. The highest BCUT2D eigenvalue weighted by molar-refractivity contribution is 9.10. The second-order valence-electron chi connectivity index (χ2n) is 4.79. The largest absolute Gasteiger partial charge is 0.314 e. The van der Waals surface area contributed by atoms with Crippen LogP contribution in [0.15, 0.2) is 35.3 Å². The molecule has 0 fully saturated rings. The Kier molecular flexibility index (Phi) is 5.67. The first-order chi connectivity index (χ1) is 9.65. The summed E-state index contributed by atoms with van der Waals surface area (Å²) in [6, 6.07) is 5.40. The molecular formula is C14H18BrFN4. The molecule has 1 heterocycles. The lowest BCUT2D eigenvalue weighted by molar-refractivity contribution is 0.458. The maximum absolute atomic E-state index is 13.6. The fraction of sp³-hybridized carbons (Fsp3) is 0.429. The van der Waals surface area contributed by atoms with E-state index in [0.29, 0.717) is 12.5 Å². The van der Waals surface area contributed by atoms with E-state index in [0.717, 1.165) is 29.5 Å². The zero-order chi connectivity index (χ0) is 14.4. The first-order valence-electron chi connectivity index (χ1n) is 6.65. The predicted octanol–water partition coefficient (Wildman–Crippen LogP) is 2.79. The third kappa shape index (κ3) is 4.68. The second kappa shape index (κ2) is 7.50. The number of hydrogen-bond donors (Lipinski definition) is 1. The van der Waals surface area contributed by atoms with Crippen molar-refractivity contribution in [3.63, 3.8) is 0 Å². The van der Waals surface area contributed by atoms with Gasteiger partial charge in [0.05, 0.1) is 0 Å². The molecule has 0 aliphatic rings. The summed E-state index contributed by atoms with van der Waals surface area (Å²) in [4.78, 5) is 3.91. The Bertz CT molecular complexity index is 530. The summed E-state index contributed by atoms with van der Waals surface area (Å²) in [7, 11) is 0. The van der Waals surface area contributed by atoms with Gasteiger partial charge in [-0.25, -0.2) is 9.37 Å². The Morgan fingerprint density at radius 1 is 1.45 bits per heavy atom. The first-order valence-corrected chi connectivity index (χ1v) is 7.44. The van der Waals surface area contributed by atoms with Gasteiger partial charge in [-0.05, 0) is 50.1 Å². The van der Waals surface area contributed by atoms with E-state index in [2.05, 4.69) is 38.3 Å². The molecule has 20 heavy (non-hydrogen) atoms. The SMILES string of the molecule is C[C@@H](CCn1cncn1)NCCc1cc(Br)ccc1F. The van der Waals surface area contributed by atoms with E-state index in [-0.39, 0.29) is 5.82 Å². The van der Waals surface area contributed by atoms with Crippen molar-refractivity contribution in [3.05, 3.63) is 46.7 Å². The lowest BCUT2D eigenvalue weighted by Gasteiger charge is -2.13. The molecule has 1 aromatic carbocycles. The topological polar surface area (TPSA) is 42.7 Å². The van der Waals surface area contributed by atoms with E-state index in [4.69, 9.17) is 0 Å². The smallest absolute Gasteiger partial charge is 0.137 e. The lowest BCUT2D eigenvalue weighted by Crippen LogP contribution is -2.29. The van der Waals surface area contributed by atoms with Gasteiger partial charge in [0, 0.05) is 17.1 Å². The minimum Gasteiger partial charge on any atom is -0.314 e. The van der Waals surface area contributed by atoms with Crippen molar-refractivity contribution in [3.8, 4) is 0 Å². The van der Waals surface area contributed by atoms with Crippen molar-refractivity contribution in [1.29, 1.82) is 0 Å². The molecule has 1 atom stereocenters. The van der Waals surface area contributed by atoms with Crippen LogP contribution in [-0.4, -0.2) is 27.4 Å². The van der Waals surface area contributed by atoms with E-state index >= 15 is 0 Å². The highest BCUT2D eigenvalue weighted by Gasteiger charge is 2.05. The van der Waals surface area contributed by atoms with E-state index in [1.165, 1.54) is 12.4 Å². The number of aromatic nitrogens is 3. The summed E-state index contributed by atoms with van der Waals surface area (Å²) >= 11 is 3.36. The van der Waals surface area contributed by atoms with Crippen molar-refractivity contribution in [2.45, 2.75) is 32.4 Å². The summed E-state index contributed by atoms with van der Waals surface area (Å²) in [6.07, 6.45) is 4.89. The van der Waals surface area contributed by atoms with Crippen molar-refractivity contribution in [2.24, 2.45) is 0 Å². The molecule has 6 heteroatoms. The highest BCUT2D eigenvalue weighted by atomic mass is 79.9. The van der Waals surface area contributed by atoms with Gasteiger partial charge in [0.2, 0.25) is 0 Å². The maximum Gasteiger partial charge on any atom is 0.137 e. The van der Waals surface area contributed by atoms with Crippen LogP contribution in [0, 0.1) is 5.82 Å². The van der Waals surface area contributed by atoms with Gasteiger partial charge < -0.3 is 5.32 Å². The zero-order valence-corrected chi connectivity index (χ0v) is 13.0. The quantitative estimate of drug-likeness (QED) is 0.842. The van der Waals surface area contributed by atoms with Gasteiger partial charge in [0.15, 0.2) is 0 Å². The first kappa shape index (κ1) is 15.1. The number of aryl methyl sites for hydroxylation is 1. The minimum atomic E-state index is -0.148. The van der Waals surface area contributed by atoms with Crippen LogP contribution in [0.3, 0.4) is 0 Å². The predicted molar refractivity (Wildman–Crippen MR) is 79.9 cm³/mol. The molecule has 0 aliphatic heterocycles. The molecule has 0 saturated carbocycles. The third-order valence-electron chi connectivity index (χ3n) is 3.15. The van der Waals surface area contributed by atoms with Crippen molar-refractivity contribution in [1.82, 2.24) is 20.1 Å². The Labute approximate surface area is 126 Å². The van der Waals surface area contributed by atoms with Crippen molar-refractivity contribution < 1.29 is 4.39 Å². The standard InChI is InChI=1S/C14H18BrFN4/c1-11(5-7-20-10-17-9-19-20)18-6-4-12-8-13(15)2-3-14(12)16/h2-3,8-11,18H,4-7H2,1H3/t11-/m0/s1. The third-order valence-corrected chi connectivity index (χ3v) is 3.65. The molecule has 0 aliphatic carbocycles. The van der Waals surface area contributed by atoms with Gasteiger partial charge in [-0.1, -0.05) is 15.9 Å². The van der Waals surface area contributed by atoms with Crippen LogP contribution in [0.5, 0.6) is 0 Å². The Balaban J connectivity index is 1.71. The van der Waals surface area contributed by atoms with Crippen LogP contribution in [0.1, 0.15) is 18.9 Å². The number of nitrogens with zero attached hydrogens (tertiary/aromatic N) is 3. The normalized spacial score (nSPS) is 12.6. The fourth-order valence-electron chi connectivity index (χ4n) is 1.96. The monoisotopic (exact) mass is 340 g/mol. The number of rotatable bonds is 7. The summed E-state index contributed by atoms with van der Waals surface area (Å²) in [5.41, 5.74) is 0.732. The van der Waals surface area contributed by atoms with E-state index in [1.807, 2.05) is 10.7 Å². The molecule has 4 nitrogen and oxygen atoms in total. The highest BCUT2D eigenvalue weighted by Crippen LogP contribution is 2.15. The van der Waals surface area contributed by atoms with Crippen molar-refractivity contribution in [2.75, 3.05) is 6.54 Å². The van der Waals surface area contributed by atoms with Crippen LogP contribution in [0.2, 0.25) is 0 Å². The fourth-order valence-corrected chi connectivity index (χ4v) is 2.37. The molecule has 0 bridgehead atoms. The van der Waals surface area contributed by atoms with Crippen LogP contribution >= 0.6 is 15.9 Å². The molecule has 0 radical (unpaired) electrons. The van der Waals surface area contributed by atoms with Gasteiger partial charge in [0.1, 0.15) is 18.5 Å². The summed E-state index contributed by atoms with van der Waals surface area (Å²) in [6.45, 7) is 3.71. The summed E-state index contributed by atoms with van der Waals surface area (Å²) in [5.74, 6) is -0.148. The van der Waals surface area contributed by atoms with E-state index < -0.39 is 0 Å². The molecule has 2 aromatic rings. The lowest BCUT2D eigenvalue weighted by atomic mass is 10.1. The molecular weight excluding hydrogens is 323 g/mol. The Hall–Kier alpha value is -1.27. The van der Waals surface area contributed by atoms with Gasteiger partial charge in [0.25, 0.3) is 0 Å². The number of benzene rings is 1. The van der Waals surface area contributed by atoms with Crippen molar-refractivity contribution >= 4 is 15.9 Å². The van der Waals surface area contributed by atoms with Crippen LogP contribution in [-0.2, 0) is 13.0 Å². The number of hydrogen-bond acceptors (Lipinski definition) is 3. The maximum atomic E-state index is 13.6.